The number of hydrogen-bond acceptors (Lipinski definition) is 6. The summed E-state index contributed by atoms with van der Waals surface area (Å²) in [6, 6.07) is 11.4. The number of aryl methyl sites for hydroxylation is 2. The van der Waals surface area contributed by atoms with Crippen LogP contribution in [0, 0.1) is 13.8 Å². The molecule has 0 unspecified atom stereocenters. The zero-order chi connectivity index (χ0) is 27.5. The SMILES string of the molecule is Cc1ccc(S(=O)(=O)N2CCC[C@H]2C(=O)NCCNC(=O)[C@@H]2CCCN2S(=O)(=O)c2ccc(C)cc2)cc1. The van der Waals surface area contributed by atoms with Crippen LogP contribution in [-0.2, 0) is 29.6 Å². The van der Waals surface area contributed by atoms with Crippen molar-refractivity contribution in [1.82, 2.24) is 19.2 Å². The Balaban J connectivity index is 1.30. The summed E-state index contributed by atoms with van der Waals surface area (Å²) in [6.45, 7) is 4.45. The maximum atomic E-state index is 13.1. The van der Waals surface area contributed by atoms with Crippen molar-refractivity contribution in [3.8, 4) is 0 Å². The lowest BCUT2D eigenvalue weighted by Gasteiger charge is -2.24. The number of carbonyl (C=O) groups excluding carboxylic acids is 2. The molecular formula is C26H34N4O6S2. The van der Waals surface area contributed by atoms with Crippen LogP contribution in [-0.4, -0.2) is 75.5 Å². The molecule has 2 N–H and O–H groups in total. The average Bonchev–Trinajstić information content (AvgIpc) is 3.58. The molecule has 0 spiro atoms. The predicted octanol–water partition coefficient (Wildman–Crippen LogP) is 1.54. The summed E-state index contributed by atoms with van der Waals surface area (Å²) in [5.41, 5.74) is 1.88. The first-order valence-corrected chi connectivity index (χ1v) is 15.6. The van der Waals surface area contributed by atoms with Crippen LogP contribution in [0.3, 0.4) is 0 Å². The van der Waals surface area contributed by atoms with E-state index in [1.54, 1.807) is 48.5 Å². The number of benzene rings is 2. The van der Waals surface area contributed by atoms with Crippen molar-refractivity contribution >= 4 is 31.9 Å². The highest BCUT2D eigenvalue weighted by Crippen LogP contribution is 2.27. The highest BCUT2D eigenvalue weighted by molar-refractivity contribution is 7.89. The number of hydrogen-bond donors (Lipinski definition) is 2. The number of sulfonamides is 2. The third-order valence-electron chi connectivity index (χ3n) is 6.99. The molecule has 206 valence electrons. The largest absolute Gasteiger partial charge is 0.353 e. The number of nitrogens with zero attached hydrogens (tertiary/aromatic N) is 2. The Hall–Kier alpha value is -2.80. The van der Waals surface area contributed by atoms with Crippen LogP contribution < -0.4 is 10.6 Å². The summed E-state index contributed by atoms with van der Waals surface area (Å²) < 4.78 is 54.8. The normalized spacial score (nSPS) is 20.9. The van der Waals surface area contributed by atoms with Gasteiger partial charge in [0.05, 0.1) is 9.79 Å². The van der Waals surface area contributed by atoms with Gasteiger partial charge in [-0.15, -0.1) is 0 Å². The van der Waals surface area contributed by atoms with Gasteiger partial charge in [0, 0.05) is 26.2 Å². The van der Waals surface area contributed by atoms with Crippen molar-refractivity contribution in [2.75, 3.05) is 26.2 Å². The van der Waals surface area contributed by atoms with Gasteiger partial charge >= 0.3 is 0 Å². The first kappa shape index (κ1) is 28.2. The number of nitrogens with one attached hydrogen (secondary N) is 2. The zero-order valence-electron chi connectivity index (χ0n) is 21.6. The van der Waals surface area contributed by atoms with Gasteiger partial charge in [0.1, 0.15) is 12.1 Å². The standard InChI is InChI=1S/C26H34N4O6S2/c1-19-7-11-21(12-8-19)37(33,34)29-17-3-5-23(29)25(31)27-15-16-28-26(32)24-6-4-18-30(24)38(35,36)22-13-9-20(2)10-14-22/h7-14,23-24H,3-6,15-18H2,1-2H3,(H,27,31)(H,28,32)/t23-,24-/m0/s1. The van der Waals surface area contributed by atoms with E-state index >= 15 is 0 Å². The van der Waals surface area contributed by atoms with Gasteiger partial charge in [-0.3, -0.25) is 9.59 Å². The van der Waals surface area contributed by atoms with Crippen LogP contribution in [0.15, 0.2) is 58.3 Å². The molecule has 2 amide bonds. The fourth-order valence-corrected chi connectivity index (χ4v) is 8.19. The Morgan fingerprint density at radius 3 is 1.37 bits per heavy atom. The molecule has 0 aliphatic carbocycles. The molecule has 2 aromatic rings. The van der Waals surface area contributed by atoms with E-state index in [0.717, 1.165) is 11.1 Å². The van der Waals surface area contributed by atoms with Gasteiger partial charge in [0.15, 0.2) is 0 Å². The molecule has 0 bridgehead atoms. The van der Waals surface area contributed by atoms with E-state index in [1.165, 1.54) is 8.61 Å². The lowest BCUT2D eigenvalue weighted by atomic mass is 10.2. The molecule has 2 atom stereocenters. The fourth-order valence-electron chi connectivity index (χ4n) is 4.88. The summed E-state index contributed by atoms with van der Waals surface area (Å²) in [5.74, 6) is -0.839. The summed E-state index contributed by atoms with van der Waals surface area (Å²) >= 11 is 0. The van der Waals surface area contributed by atoms with Crippen molar-refractivity contribution in [3.05, 3.63) is 59.7 Å². The molecule has 2 saturated heterocycles. The summed E-state index contributed by atoms with van der Waals surface area (Å²) in [5, 5.41) is 5.43. The second kappa shape index (κ2) is 11.5. The first-order valence-electron chi connectivity index (χ1n) is 12.7. The molecule has 10 nitrogen and oxygen atoms in total. The van der Waals surface area contributed by atoms with Gasteiger partial charge in [-0.25, -0.2) is 16.8 Å². The molecule has 0 saturated carbocycles. The Kier molecular flexibility index (Phi) is 8.55. The maximum absolute atomic E-state index is 13.1. The molecule has 2 heterocycles. The topological polar surface area (TPSA) is 133 Å². The monoisotopic (exact) mass is 562 g/mol. The predicted molar refractivity (Wildman–Crippen MR) is 142 cm³/mol. The van der Waals surface area contributed by atoms with E-state index < -0.39 is 43.9 Å². The van der Waals surface area contributed by atoms with Crippen LogP contribution in [0.2, 0.25) is 0 Å². The minimum Gasteiger partial charge on any atom is -0.353 e. The van der Waals surface area contributed by atoms with Gasteiger partial charge in [0.2, 0.25) is 31.9 Å². The molecule has 2 aromatic carbocycles. The van der Waals surface area contributed by atoms with Crippen molar-refractivity contribution in [3.63, 3.8) is 0 Å². The van der Waals surface area contributed by atoms with E-state index in [-0.39, 0.29) is 36.0 Å². The molecule has 0 aromatic heterocycles. The van der Waals surface area contributed by atoms with Crippen LogP contribution in [0.25, 0.3) is 0 Å². The lowest BCUT2D eigenvalue weighted by Crippen LogP contribution is -2.49. The van der Waals surface area contributed by atoms with E-state index in [4.69, 9.17) is 0 Å². The molecule has 38 heavy (non-hydrogen) atoms. The van der Waals surface area contributed by atoms with Crippen molar-refractivity contribution in [2.24, 2.45) is 0 Å². The summed E-state index contributed by atoms with van der Waals surface area (Å²) in [7, 11) is -7.62. The Labute approximate surface area is 224 Å². The van der Waals surface area contributed by atoms with Gasteiger partial charge < -0.3 is 10.6 Å². The van der Waals surface area contributed by atoms with E-state index in [9.17, 15) is 26.4 Å². The van der Waals surface area contributed by atoms with Crippen LogP contribution in [0.1, 0.15) is 36.8 Å². The highest BCUT2D eigenvalue weighted by atomic mass is 32.2. The van der Waals surface area contributed by atoms with Crippen molar-refractivity contribution < 1.29 is 26.4 Å². The second-order valence-corrected chi connectivity index (χ2v) is 13.5. The Morgan fingerprint density at radius 1 is 0.684 bits per heavy atom. The molecular weight excluding hydrogens is 528 g/mol. The number of amides is 2. The third-order valence-corrected chi connectivity index (χ3v) is 10.8. The van der Waals surface area contributed by atoms with E-state index in [2.05, 4.69) is 10.6 Å². The minimum atomic E-state index is -3.81. The minimum absolute atomic E-state index is 0.0942. The highest BCUT2D eigenvalue weighted by Gasteiger charge is 2.40. The Bertz CT molecular complexity index is 1270. The number of rotatable bonds is 9. The van der Waals surface area contributed by atoms with Crippen molar-refractivity contribution in [1.29, 1.82) is 0 Å². The van der Waals surface area contributed by atoms with Gasteiger partial charge in [-0.2, -0.15) is 8.61 Å². The summed E-state index contributed by atoms with van der Waals surface area (Å²) in [4.78, 5) is 26.0. The number of carbonyl (C=O) groups is 2. The zero-order valence-corrected chi connectivity index (χ0v) is 23.2. The average molecular weight is 563 g/mol. The maximum Gasteiger partial charge on any atom is 0.243 e. The second-order valence-electron chi connectivity index (χ2n) is 9.76. The fraction of sp³-hybridized carbons (Fsp3) is 0.462. The van der Waals surface area contributed by atoms with E-state index in [0.29, 0.717) is 25.7 Å². The van der Waals surface area contributed by atoms with Gasteiger partial charge in [-0.05, 0) is 63.8 Å². The molecule has 2 fully saturated rings. The van der Waals surface area contributed by atoms with Crippen LogP contribution >= 0.6 is 0 Å². The molecule has 0 radical (unpaired) electrons. The van der Waals surface area contributed by atoms with Crippen molar-refractivity contribution in [2.45, 2.75) is 61.4 Å². The molecule has 2 aliphatic heterocycles. The van der Waals surface area contributed by atoms with Gasteiger partial charge in [0.25, 0.3) is 0 Å². The summed E-state index contributed by atoms with van der Waals surface area (Å²) in [6.07, 6.45) is 1.98. The first-order chi connectivity index (χ1) is 18.0. The van der Waals surface area contributed by atoms with Crippen LogP contribution in [0.4, 0.5) is 0 Å². The molecule has 4 rings (SSSR count). The molecule has 12 heteroatoms. The third kappa shape index (κ3) is 5.93. The van der Waals surface area contributed by atoms with Crippen LogP contribution in [0.5, 0.6) is 0 Å². The quantitative estimate of drug-likeness (QED) is 0.446. The molecule has 2 aliphatic rings. The van der Waals surface area contributed by atoms with E-state index in [1.807, 2.05) is 13.8 Å². The smallest absolute Gasteiger partial charge is 0.243 e. The van der Waals surface area contributed by atoms with Gasteiger partial charge in [-0.1, -0.05) is 35.4 Å². The Morgan fingerprint density at radius 2 is 1.03 bits per heavy atom. The lowest BCUT2D eigenvalue weighted by molar-refractivity contribution is -0.126.